The molecule has 6 nitrogen and oxygen atoms in total. The molecule has 176 valence electrons. The van der Waals surface area contributed by atoms with Crippen molar-refractivity contribution in [2.45, 2.75) is 64.5 Å². The molecule has 0 radical (unpaired) electrons. The number of nitrogens with two attached hydrogens (primary N) is 1. The summed E-state index contributed by atoms with van der Waals surface area (Å²) < 4.78 is 11.5. The highest BCUT2D eigenvalue weighted by atomic mass is 32.2. The third kappa shape index (κ3) is 11.7. The van der Waals surface area contributed by atoms with Gasteiger partial charge in [0.15, 0.2) is 10.3 Å². The van der Waals surface area contributed by atoms with Crippen LogP contribution in [0.4, 0.5) is 5.69 Å². The maximum absolute atomic E-state index is 6.04. The molecule has 8 heteroatoms. The minimum Gasteiger partial charge on any atom is -0.492 e. The molecule has 0 bridgehead atoms. The molecule has 1 aromatic carbocycles. The molecule has 0 heterocycles. The number of nitrogens with zero attached hydrogens (tertiary/aromatic N) is 2. The predicted molar refractivity (Wildman–Crippen MR) is 140 cm³/mol. The van der Waals surface area contributed by atoms with Crippen molar-refractivity contribution in [2.75, 3.05) is 38.9 Å². The Balaban J connectivity index is 2.45. The van der Waals surface area contributed by atoms with E-state index < -0.39 is 0 Å². The number of unbranched alkanes of at least 4 members (excludes halogenated alkanes) is 3. The molecule has 0 aliphatic heterocycles. The summed E-state index contributed by atoms with van der Waals surface area (Å²) in [7, 11) is 5.84. The van der Waals surface area contributed by atoms with Gasteiger partial charge < -0.3 is 25.4 Å². The first-order valence-corrected chi connectivity index (χ1v) is 12.3. The van der Waals surface area contributed by atoms with Crippen molar-refractivity contribution >= 4 is 39.9 Å². The fraction of sp³-hybridized carbons (Fsp3) is 0.652. The standard InChI is InChI=1S/C23H40N4O2S2/c1-7-8-9-10-11-20(28-6)16-31-21(24)26-22(30)25-18-12-14-19(15-13-18)29-17-23(2,3)27(4)5/h12-15,20H,7-11,16-17H2,1-6H3,(H3,24,25,26,30). The molecule has 1 atom stereocenters. The van der Waals surface area contributed by atoms with Crippen molar-refractivity contribution in [2.24, 2.45) is 10.7 Å². The van der Waals surface area contributed by atoms with Crippen molar-refractivity contribution in [1.82, 2.24) is 4.90 Å². The number of thiocarbonyl (C=S) groups is 1. The van der Waals surface area contributed by atoms with Crippen LogP contribution in [-0.2, 0) is 4.74 Å². The zero-order chi connectivity index (χ0) is 23.3. The summed E-state index contributed by atoms with van der Waals surface area (Å²) in [5, 5.41) is 3.88. The Morgan fingerprint density at radius 3 is 2.48 bits per heavy atom. The summed E-state index contributed by atoms with van der Waals surface area (Å²) >= 11 is 6.80. The Kier molecular flexibility index (Phi) is 13.1. The lowest BCUT2D eigenvalue weighted by atomic mass is 10.1. The Labute approximate surface area is 198 Å². The van der Waals surface area contributed by atoms with E-state index in [1.54, 1.807) is 7.11 Å². The fourth-order valence-corrected chi connectivity index (χ4v) is 3.64. The van der Waals surface area contributed by atoms with Gasteiger partial charge >= 0.3 is 0 Å². The second-order valence-corrected chi connectivity index (χ2v) is 9.85. The molecule has 0 saturated carbocycles. The third-order valence-corrected chi connectivity index (χ3v) is 6.37. The number of benzene rings is 1. The number of nitrogens with one attached hydrogen (secondary N) is 1. The van der Waals surface area contributed by atoms with Crippen LogP contribution >= 0.6 is 24.0 Å². The van der Waals surface area contributed by atoms with E-state index in [4.69, 9.17) is 27.4 Å². The number of thioether (sulfide) groups is 1. The normalized spacial score (nSPS) is 13.3. The number of amidine groups is 1. The molecule has 0 aliphatic carbocycles. The Morgan fingerprint density at radius 2 is 1.90 bits per heavy atom. The van der Waals surface area contributed by atoms with E-state index in [9.17, 15) is 0 Å². The maximum atomic E-state index is 6.04. The average Bonchev–Trinajstić information content (AvgIpc) is 2.72. The van der Waals surface area contributed by atoms with Crippen LogP contribution in [0.5, 0.6) is 5.75 Å². The highest BCUT2D eigenvalue weighted by molar-refractivity contribution is 8.13. The van der Waals surface area contributed by atoms with E-state index in [2.05, 4.69) is 36.0 Å². The molecule has 3 N–H and O–H groups in total. The van der Waals surface area contributed by atoms with Gasteiger partial charge in [0.05, 0.1) is 6.10 Å². The van der Waals surface area contributed by atoms with Gasteiger partial charge in [-0.25, -0.2) is 0 Å². The summed E-state index contributed by atoms with van der Waals surface area (Å²) in [4.78, 5) is 6.43. The summed E-state index contributed by atoms with van der Waals surface area (Å²) in [5.41, 5.74) is 6.84. The quantitative estimate of drug-likeness (QED) is 0.180. The summed E-state index contributed by atoms with van der Waals surface area (Å²) in [6.45, 7) is 7.10. The predicted octanol–water partition coefficient (Wildman–Crippen LogP) is 5.14. The lowest BCUT2D eigenvalue weighted by Crippen LogP contribution is -2.43. The number of rotatable bonds is 13. The Hall–Kier alpha value is -1.35. The van der Waals surface area contributed by atoms with E-state index in [-0.39, 0.29) is 11.6 Å². The molecule has 0 aromatic heterocycles. The van der Waals surface area contributed by atoms with Gasteiger partial charge in [0.2, 0.25) is 0 Å². The van der Waals surface area contributed by atoms with Crippen molar-refractivity contribution in [3.8, 4) is 5.75 Å². The van der Waals surface area contributed by atoms with E-state index in [1.807, 2.05) is 38.4 Å². The van der Waals surface area contributed by atoms with Crippen LogP contribution in [0.15, 0.2) is 29.3 Å². The van der Waals surface area contributed by atoms with Gasteiger partial charge in [-0.1, -0.05) is 44.4 Å². The van der Waals surface area contributed by atoms with Gasteiger partial charge in [-0.2, -0.15) is 4.99 Å². The van der Waals surface area contributed by atoms with Crippen molar-refractivity contribution < 1.29 is 9.47 Å². The van der Waals surface area contributed by atoms with Crippen LogP contribution in [0.3, 0.4) is 0 Å². The summed E-state index contributed by atoms with van der Waals surface area (Å²) in [6, 6.07) is 7.67. The number of hydrogen-bond donors (Lipinski definition) is 2. The zero-order valence-corrected chi connectivity index (χ0v) is 21.6. The Morgan fingerprint density at radius 1 is 1.23 bits per heavy atom. The molecule has 0 fully saturated rings. The first-order valence-electron chi connectivity index (χ1n) is 10.9. The van der Waals surface area contributed by atoms with Crippen LogP contribution in [-0.4, -0.2) is 60.4 Å². The van der Waals surface area contributed by atoms with E-state index in [0.29, 0.717) is 16.9 Å². The molecule has 1 rings (SSSR count). The lowest BCUT2D eigenvalue weighted by Gasteiger charge is -2.32. The van der Waals surface area contributed by atoms with Gasteiger partial charge in [0, 0.05) is 24.1 Å². The van der Waals surface area contributed by atoms with Crippen LogP contribution in [0.1, 0.15) is 52.9 Å². The zero-order valence-electron chi connectivity index (χ0n) is 19.9. The minimum absolute atomic E-state index is 0.0419. The number of ether oxygens (including phenoxy) is 2. The van der Waals surface area contributed by atoms with Gasteiger partial charge in [-0.15, -0.1) is 0 Å². The summed E-state index contributed by atoms with van der Waals surface area (Å²) in [6.07, 6.45) is 6.16. The first-order chi connectivity index (χ1) is 14.7. The van der Waals surface area contributed by atoms with Crippen molar-refractivity contribution in [3.05, 3.63) is 24.3 Å². The van der Waals surface area contributed by atoms with Gasteiger partial charge in [0.25, 0.3) is 0 Å². The monoisotopic (exact) mass is 468 g/mol. The summed E-state index contributed by atoms with van der Waals surface area (Å²) in [5.74, 6) is 1.59. The Bertz CT molecular complexity index is 679. The van der Waals surface area contributed by atoms with Crippen LogP contribution in [0.25, 0.3) is 0 Å². The molecule has 31 heavy (non-hydrogen) atoms. The van der Waals surface area contributed by atoms with Crippen molar-refractivity contribution in [3.63, 3.8) is 0 Å². The highest BCUT2D eigenvalue weighted by Gasteiger charge is 2.21. The number of aliphatic imine (C=N–C) groups is 1. The van der Waals surface area contributed by atoms with E-state index in [0.717, 1.165) is 23.6 Å². The number of hydrogen-bond acceptors (Lipinski definition) is 5. The second-order valence-electron chi connectivity index (χ2n) is 8.42. The second kappa shape index (κ2) is 14.7. The molecule has 0 spiro atoms. The number of likely N-dealkylation sites (N-methyl/N-ethyl adjacent to an activating group) is 1. The molecular formula is C23H40N4O2S2. The molecular weight excluding hydrogens is 428 g/mol. The van der Waals surface area contributed by atoms with Crippen LogP contribution < -0.4 is 15.8 Å². The molecule has 1 aromatic rings. The van der Waals surface area contributed by atoms with E-state index in [1.165, 1.54) is 37.4 Å². The van der Waals surface area contributed by atoms with Gasteiger partial charge in [-0.05, 0) is 70.8 Å². The van der Waals surface area contributed by atoms with Crippen LogP contribution in [0, 0.1) is 0 Å². The maximum Gasteiger partial charge on any atom is 0.199 e. The molecule has 0 saturated heterocycles. The highest BCUT2D eigenvalue weighted by Crippen LogP contribution is 2.19. The topological polar surface area (TPSA) is 72.1 Å². The van der Waals surface area contributed by atoms with E-state index >= 15 is 0 Å². The lowest BCUT2D eigenvalue weighted by molar-refractivity contribution is 0.112. The van der Waals surface area contributed by atoms with Gasteiger partial charge in [0.1, 0.15) is 12.4 Å². The first kappa shape index (κ1) is 27.7. The molecule has 1 unspecified atom stereocenters. The SMILES string of the molecule is CCCCCCC(CSC(N)=NC(=S)Nc1ccc(OCC(C)(C)N(C)C)cc1)OC. The third-order valence-electron chi connectivity index (χ3n) is 5.25. The van der Waals surface area contributed by atoms with Crippen molar-refractivity contribution in [1.29, 1.82) is 0 Å². The smallest absolute Gasteiger partial charge is 0.199 e. The largest absolute Gasteiger partial charge is 0.492 e. The number of methoxy groups -OCH3 is 1. The molecule has 0 amide bonds. The van der Waals surface area contributed by atoms with Crippen LogP contribution in [0.2, 0.25) is 0 Å². The molecule has 0 aliphatic rings. The fourth-order valence-electron chi connectivity index (χ4n) is 2.55. The van der Waals surface area contributed by atoms with Gasteiger partial charge in [-0.3, -0.25) is 0 Å². The minimum atomic E-state index is -0.0419. The number of anilines is 1. The average molecular weight is 469 g/mol.